The van der Waals surface area contributed by atoms with Crippen molar-refractivity contribution in [3.8, 4) is 5.75 Å². The molecule has 7 heteroatoms. The highest BCUT2D eigenvalue weighted by molar-refractivity contribution is 6.05. The zero-order valence-corrected chi connectivity index (χ0v) is 12.2. The number of urea groups is 1. The van der Waals surface area contributed by atoms with Crippen LogP contribution in [0.25, 0.3) is 0 Å². The predicted molar refractivity (Wildman–Crippen MR) is 75.7 cm³/mol. The van der Waals surface area contributed by atoms with E-state index in [0.717, 1.165) is 12.3 Å². The summed E-state index contributed by atoms with van der Waals surface area (Å²) in [7, 11) is 2.80. The number of hydrogen-bond donors (Lipinski definition) is 2. The first-order valence-electron chi connectivity index (χ1n) is 6.05. The van der Waals surface area contributed by atoms with Crippen molar-refractivity contribution in [3.63, 3.8) is 0 Å². The van der Waals surface area contributed by atoms with E-state index in [1.807, 2.05) is 5.32 Å². The van der Waals surface area contributed by atoms with E-state index in [2.05, 4.69) is 10.1 Å². The van der Waals surface area contributed by atoms with E-state index in [1.54, 1.807) is 6.92 Å². The zero-order valence-electron chi connectivity index (χ0n) is 12.2. The van der Waals surface area contributed by atoms with Crippen LogP contribution in [-0.4, -0.2) is 26.2 Å². The van der Waals surface area contributed by atoms with Gasteiger partial charge in [-0.15, -0.1) is 0 Å². The third-order valence-electron chi connectivity index (χ3n) is 2.67. The molecule has 1 rings (SSSR count). The van der Waals surface area contributed by atoms with E-state index in [-0.39, 0.29) is 11.3 Å². The molecule has 2 N–H and O–H groups in total. The summed E-state index contributed by atoms with van der Waals surface area (Å²) in [5.74, 6) is -0.887. The molecular formula is C14H17FN2O4. The molecule has 0 aliphatic rings. The summed E-state index contributed by atoms with van der Waals surface area (Å²) < 4.78 is 23.7. The maximum atomic E-state index is 14.1. The van der Waals surface area contributed by atoms with Crippen LogP contribution < -0.4 is 15.4 Å². The third kappa shape index (κ3) is 4.20. The molecule has 114 valence electrons. The van der Waals surface area contributed by atoms with Gasteiger partial charge in [-0.05, 0) is 25.5 Å². The fraction of sp³-hybridized carbons (Fsp3) is 0.286. The Morgan fingerprint density at radius 3 is 2.52 bits per heavy atom. The molecule has 0 heterocycles. The molecule has 0 unspecified atom stereocenters. The lowest BCUT2D eigenvalue weighted by atomic mass is 10.1. The number of carbonyl (C=O) groups is 2. The lowest BCUT2D eigenvalue weighted by Crippen LogP contribution is -2.33. The molecule has 0 fully saturated rings. The standard InChI is InChI=1S/C14H17FN2O4/c1-8-7-10(12(15)9(2)13(8)21-4)16-14(19)17-11(18)5-6-20-3/h5-7H,1-4H3,(H2,16,17,18,19)/b6-5+. The molecule has 0 bridgehead atoms. The molecule has 0 saturated heterocycles. The monoisotopic (exact) mass is 296 g/mol. The first kappa shape index (κ1) is 16.5. The highest BCUT2D eigenvalue weighted by Crippen LogP contribution is 2.30. The summed E-state index contributed by atoms with van der Waals surface area (Å²) in [5, 5.41) is 4.28. The Morgan fingerprint density at radius 2 is 1.95 bits per heavy atom. The van der Waals surface area contributed by atoms with Crippen molar-refractivity contribution >= 4 is 17.6 Å². The molecular weight excluding hydrogens is 279 g/mol. The van der Waals surface area contributed by atoms with Gasteiger partial charge in [0, 0.05) is 11.6 Å². The Bertz CT molecular complexity index is 585. The van der Waals surface area contributed by atoms with Crippen LogP contribution in [0, 0.1) is 19.7 Å². The maximum absolute atomic E-state index is 14.1. The average Bonchev–Trinajstić information content (AvgIpc) is 2.42. The molecule has 6 nitrogen and oxygen atoms in total. The SMILES string of the molecule is CO/C=C/C(=O)NC(=O)Nc1cc(C)c(OC)c(C)c1F. The smallest absolute Gasteiger partial charge is 0.326 e. The Labute approximate surface area is 121 Å². The lowest BCUT2D eigenvalue weighted by molar-refractivity contribution is -0.115. The molecule has 21 heavy (non-hydrogen) atoms. The number of imide groups is 1. The number of benzene rings is 1. The maximum Gasteiger partial charge on any atom is 0.326 e. The number of carbonyl (C=O) groups excluding carboxylic acids is 2. The van der Waals surface area contributed by atoms with Crippen molar-refractivity contribution < 1.29 is 23.5 Å². The minimum Gasteiger partial charge on any atom is -0.504 e. The van der Waals surface area contributed by atoms with E-state index in [9.17, 15) is 14.0 Å². The van der Waals surface area contributed by atoms with Gasteiger partial charge in [-0.2, -0.15) is 0 Å². The van der Waals surface area contributed by atoms with E-state index < -0.39 is 17.8 Å². The van der Waals surface area contributed by atoms with Crippen LogP contribution in [0.5, 0.6) is 5.75 Å². The van der Waals surface area contributed by atoms with Crippen molar-refractivity contribution in [3.05, 3.63) is 35.3 Å². The molecule has 3 amide bonds. The summed E-state index contributed by atoms with van der Waals surface area (Å²) in [6.45, 7) is 3.26. The normalized spacial score (nSPS) is 10.3. The molecule has 1 aromatic carbocycles. The molecule has 0 atom stereocenters. The third-order valence-corrected chi connectivity index (χ3v) is 2.67. The van der Waals surface area contributed by atoms with E-state index in [0.29, 0.717) is 11.3 Å². The number of aryl methyl sites for hydroxylation is 1. The highest BCUT2D eigenvalue weighted by atomic mass is 19.1. The van der Waals surface area contributed by atoms with Crippen LogP contribution >= 0.6 is 0 Å². The van der Waals surface area contributed by atoms with Crippen LogP contribution in [0.4, 0.5) is 14.9 Å². The molecule has 0 aliphatic heterocycles. The van der Waals surface area contributed by atoms with Gasteiger partial charge in [-0.1, -0.05) is 0 Å². The summed E-state index contributed by atoms with van der Waals surface area (Å²) in [4.78, 5) is 22.9. The van der Waals surface area contributed by atoms with E-state index >= 15 is 0 Å². The van der Waals surface area contributed by atoms with Gasteiger partial charge >= 0.3 is 6.03 Å². The topological polar surface area (TPSA) is 76.7 Å². The van der Waals surface area contributed by atoms with Crippen molar-refractivity contribution in [1.82, 2.24) is 5.32 Å². The second-order valence-electron chi connectivity index (χ2n) is 4.20. The summed E-state index contributed by atoms with van der Waals surface area (Å²) >= 11 is 0. The van der Waals surface area contributed by atoms with Gasteiger partial charge in [0.2, 0.25) is 0 Å². The van der Waals surface area contributed by atoms with E-state index in [1.165, 1.54) is 27.2 Å². The quantitative estimate of drug-likeness (QED) is 0.660. The second-order valence-corrected chi connectivity index (χ2v) is 4.20. The van der Waals surface area contributed by atoms with Crippen molar-refractivity contribution in [2.24, 2.45) is 0 Å². The first-order valence-corrected chi connectivity index (χ1v) is 6.05. The molecule has 0 aliphatic carbocycles. The first-order chi connectivity index (χ1) is 9.90. The zero-order chi connectivity index (χ0) is 16.0. The van der Waals surface area contributed by atoms with Gasteiger partial charge in [0.25, 0.3) is 5.91 Å². The number of methoxy groups -OCH3 is 2. The predicted octanol–water partition coefficient (Wildman–Crippen LogP) is 2.26. The van der Waals surface area contributed by atoms with Gasteiger partial charge in [-0.25, -0.2) is 9.18 Å². The van der Waals surface area contributed by atoms with Crippen molar-refractivity contribution in [1.29, 1.82) is 0 Å². The van der Waals surface area contributed by atoms with Crippen LogP contribution in [0.15, 0.2) is 18.4 Å². The van der Waals surface area contributed by atoms with Crippen LogP contribution in [0.1, 0.15) is 11.1 Å². The van der Waals surface area contributed by atoms with Gasteiger partial charge in [0.1, 0.15) is 5.75 Å². The fourth-order valence-corrected chi connectivity index (χ4v) is 1.78. The van der Waals surface area contributed by atoms with Gasteiger partial charge < -0.3 is 14.8 Å². The summed E-state index contributed by atoms with van der Waals surface area (Å²) in [6.07, 6.45) is 2.14. The van der Waals surface area contributed by atoms with Gasteiger partial charge in [-0.3, -0.25) is 10.1 Å². The number of anilines is 1. The Kier molecular flexibility index (Phi) is 5.71. The summed E-state index contributed by atoms with van der Waals surface area (Å²) in [5.41, 5.74) is 0.905. The number of rotatable bonds is 4. The van der Waals surface area contributed by atoms with Gasteiger partial charge in [0.05, 0.1) is 26.2 Å². The Balaban J connectivity index is 2.86. The van der Waals surface area contributed by atoms with Crippen LogP contribution in [0.3, 0.4) is 0 Å². The average molecular weight is 296 g/mol. The molecule has 0 spiro atoms. The number of nitrogens with one attached hydrogen (secondary N) is 2. The minimum atomic E-state index is -0.844. The lowest BCUT2D eigenvalue weighted by Gasteiger charge is -2.14. The minimum absolute atomic E-state index is 0.0354. The van der Waals surface area contributed by atoms with E-state index in [4.69, 9.17) is 4.74 Å². The Morgan fingerprint density at radius 1 is 1.29 bits per heavy atom. The number of hydrogen-bond acceptors (Lipinski definition) is 4. The largest absolute Gasteiger partial charge is 0.504 e. The Hall–Kier alpha value is -2.57. The molecule has 0 saturated carbocycles. The fourth-order valence-electron chi connectivity index (χ4n) is 1.78. The molecule has 1 aromatic rings. The summed E-state index contributed by atoms with van der Waals surface area (Å²) in [6, 6.07) is 0.583. The number of amides is 3. The highest BCUT2D eigenvalue weighted by Gasteiger charge is 2.16. The van der Waals surface area contributed by atoms with Crippen LogP contribution in [-0.2, 0) is 9.53 Å². The number of halogens is 1. The van der Waals surface area contributed by atoms with Crippen molar-refractivity contribution in [2.45, 2.75) is 13.8 Å². The van der Waals surface area contributed by atoms with Crippen LogP contribution in [0.2, 0.25) is 0 Å². The molecule has 0 aromatic heterocycles. The van der Waals surface area contributed by atoms with Gasteiger partial charge in [0.15, 0.2) is 5.82 Å². The van der Waals surface area contributed by atoms with Crippen molar-refractivity contribution in [2.75, 3.05) is 19.5 Å². The number of ether oxygens (including phenoxy) is 2. The second kappa shape index (κ2) is 7.28. The molecule has 0 radical (unpaired) electrons.